The van der Waals surface area contributed by atoms with Crippen molar-refractivity contribution in [3.05, 3.63) is 29.7 Å². The molecule has 7 nitrogen and oxygen atoms in total. The summed E-state index contributed by atoms with van der Waals surface area (Å²) in [5.41, 5.74) is 1.10. The molecule has 0 bridgehead atoms. The van der Waals surface area contributed by atoms with Crippen LogP contribution in [-0.2, 0) is 17.8 Å². The zero-order valence-electron chi connectivity index (χ0n) is 13.0. The standard InChI is InChI=1S/C15H21N5O2/c1-3-13-17-15(18-22-13)12-5-4-7-20(12)14(21)6-8-19-10-11(2)9-16-19/h9-10,12H,3-8H2,1-2H3/t12-/m1/s1. The van der Waals surface area contributed by atoms with Crippen molar-refractivity contribution in [2.75, 3.05) is 6.54 Å². The first-order valence-electron chi connectivity index (χ1n) is 7.78. The van der Waals surface area contributed by atoms with Gasteiger partial charge < -0.3 is 9.42 Å². The number of rotatable bonds is 5. The SMILES string of the molecule is CCc1nc([C@H]2CCCN2C(=O)CCn2cc(C)cn2)no1. The molecular weight excluding hydrogens is 282 g/mol. The molecule has 2 aromatic rings. The smallest absolute Gasteiger partial charge is 0.226 e. The minimum atomic E-state index is -0.0455. The van der Waals surface area contributed by atoms with Crippen molar-refractivity contribution < 1.29 is 9.32 Å². The summed E-state index contributed by atoms with van der Waals surface area (Å²) in [5, 5.41) is 8.24. The highest BCUT2D eigenvalue weighted by Gasteiger charge is 2.32. The molecule has 118 valence electrons. The number of hydrogen-bond acceptors (Lipinski definition) is 5. The summed E-state index contributed by atoms with van der Waals surface area (Å²) in [6.07, 6.45) is 6.78. The van der Waals surface area contributed by atoms with Crippen molar-refractivity contribution >= 4 is 5.91 Å². The molecule has 1 amide bonds. The van der Waals surface area contributed by atoms with Crippen LogP contribution >= 0.6 is 0 Å². The van der Waals surface area contributed by atoms with Crippen LogP contribution in [0.2, 0.25) is 0 Å². The Hall–Kier alpha value is -2.18. The Bertz CT molecular complexity index is 648. The molecule has 3 heterocycles. The Morgan fingerprint density at radius 1 is 1.50 bits per heavy atom. The third-order valence-electron chi connectivity index (χ3n) is 3.97. The lowest BCUT2D eigenvalue weighted by molar-refractivity contribution is -0.132. The molecule has 0 aliphatic carbocycles. The third kappa shape index (κ3) is 3.03. The van der Waals surface area contributed by atoms with Crippen molar-refractivity contribution in [2.45, 2.75) is 52.1 Å². The van der Waals surface area contributed by atoms with E-state index in [9.17, 15) is 4.79 Å². The van der Waals surface area contributed by atoms with E-state index < -0.39 is 0 Å². The fraction of sp³-hybridized carbons (Fsp3) is 0.600. The maximum absolute atomic E-state index is 12.5. The normalized spacial score (nSPS) is 18.1. The highest BCUT2D eigenvalue weighted by atomic mass is 16.5. The summed E-state index contributed by atoms with van der Waals surface area (Å²) < 4.78 is 6.98. The molecule has 0 N–H and O–H groups in total. The van der Waals surface area contributed by atoms with E-state index in [0.717, 1.165) is 24.9 Å². The lowest BCUT2D eigenvalue weighted by Gasteiger charge is -2.22. The number of aryl methyl sites for hydroxylation is 3. The van der Waals surface area contributed by atoms with E-state index in [1.54, 1.807) is 6.20 Å². The molecule has 1 saturated heterocycles. The predicted molar refractivity (Wildman–Crippen MR) is 78.9 cm³/mol. The Kier molecular flexibility index (Phi) is 4.22. The van der Waals surface area contributed by atoms with Crippen molar-refractivity contribution in [3.63, 3.8) is 0 Å². The molecular formula is C15H21N5O2. The molecule has 22 heavy (non-hydrogen) atoms. The van der Waals surface area contributed by atoms with E-state index in [0.29, 0.717) is 31.1 Å². The van der Waals surface area contributed by atoms with Crippen LogP contribution in [0.25, 0.3) is 0 Å². The van der Waals surface area contributed by atoms with Crippen LogP contribution in [0.3, 0.4) is 0 Å². The van der Waals surface area contributed by atoms with Crippen molar-refractivity contribution in [3.8, 4) is 0 Å². The van der Waals surface area contributed by atoms with E-state index >= 15 is 0 Å². The van der Waals surface area contributed by atoms with Crippen LogP contribution in [0.1, 0.15) is 49.5 Å². The first-order chi connectivity index (χ1) is 10.7. The molecule has 0 unspecified atom stereocenters. The van der Waals surface area contributed by atoms with Gasteiger partial charge in [0.1, 0.15) is 0 Å². The molecule has 1 fully saturated rings. The Balaban J connectivity index is 1.63. The summed E-state index contributed by atoms with van der Waals surface area (Å²) in [6, 6.07) is -0.0455. The van der Waals surface area contributed by atoms with Gasteiger partial charge in [0.25, 0.3) is 0 Å². The summed E-state index contributed by atoms with van der Waals surface area (Å²) >= 11 is 0. The van der Waals surface area contributed by atoms with Crippen molar-refractivity contribution in [1.82, 2.24) is 24.8 Å². The maximum Gasteiger partial charge on any atom is 0.226 e. The summed E-state index contributed by atoms with van der Waals surface area (Å²) in [6.45, 7) is 5.32. The fourth-order valence-corrected chi connectivity index (χ4v) is 2.82. The zero-order chi connectivity index (χ0) is 15.5. The number of carbonyl (C=O) groups is 1. The summed E-state index contributed by atoms with van der Waals surface area (Å²) in [4.78, 5) is 18.7. The topological polar surface area (TPSA) is 77.1 Å². The Morgan fingerprint density at radius 2 is 2.36 bits per heavy atom. The predicted octanol–water partition coefficient (Wildman–Crippen LogP) is 1.89. The molecule has 2 aromatic heterocycles. The highest BCUT2D eigenvalue weighted by molar-refractivity contribution is 5.76. The molecule has 1 aliphatic rings. The van der Waals surface area contributed by atoms with Crippen LogP contribution in [0.4, 0.5) is 0 Å². The molecule has 0 saturated carbocycles. The van der Waals surface area contributed by atoms with Gasteiger partial charge in [-0.05, 0) is 25.3 Å². The second-order valence-electron chi connectivity index (χ2n) is 5.68. The van der Waals surface area contributed by atoms with Gasteiger partial charge in [0.05, 0.1) is 12.2 Å². The Morgan fingerprint density at radius 3 is 3.05 bits per heavy atom. The van der Waals surface area contributed by atoms with Gasteiger partial charge >= 0.3 is 0 Å². The largest absolute Gasteiger partial charge is 0.339 e. The zero-order valence-corrected chi connectivity index (χ0v) is 13.0. The molecule has 0 radical (unpaired) electrons. The van der Waals surface area contributed by atoms with Gasteiger partial charge in [-0.3, -0.25) is 9.48 Å². The lowest BCUT2D eigenvalue weighted by atomic mass is 10.2. The van der Waals surface area contributed by atoms with Crippen LogP contribution in [0, 0.1) is 6.92 Å². The maximum atomic E-state index is 12.5. The van der Waals surface area contributed by atoms with Crippen molar-refractivity contribution in [2.24, 2.45) is 0 Å². The molecule has 3 rings (SSSR count). The van der Waals surface area contributed by atoms with Gasteiger partial charge in [-0.2, -0.15) is 10.1 Å². The highest BCUT2D eigenvalue weighted by Crippen LogP contribution is 2.30. The van der Waals surface area contributed by atoms with E-state index in [-0.39, 0.29) is 11.9 Å². The number of amides is 1. The van der Waals surface area contributed by atoms with Gasteiger partial charge in [-0.15, -0.1) is 0 Å². The molecule has 7 heteroatoms. The van der Waals surface area contributed by atoms with Gasteiger partial charge in [-0.1, -0.05) is 12.1 Å². The number of hydrogen-bond donors (Lipinski definition) is 0. The first-order valence-corrected chi connectivity index (χ1v) is 7.78. The molecule has 0 aromatic carbocycles. The second-order valence-corrected chi connectivity index (χ2v) is 5.68. The molecule has 0 spiro atoms. The minimum Gasteiger partial charge on any atom is -0.339 e. The number of nitrogens with zero attached hydrogens (tertiary/aromatic N) is 5. The van der Waals surface area contributed by atoms with Crippen LogP contribution in [0.5, 0.6) is 0 Å². The monoisotopic (exact) mass is 303 g/mol. The Labute approximate surface area is 129 Å². The van der Waals surface area contributed by atoms with E-state index in [4.69, 9.17) is 4.52 Å². The van der Waals surface area contributed by atoms with Gasteiger partial charge in [0, 0.05) is 32.1 Å². The quantitative estimate of drug-likeness (QED) is 0.843. The second kappa shape index (κ2) is 6.29. The van der Waals surface area contributed by atoms with Gasteiger partial charge in [0.15, 0.2) is 5.82 Å². The molecule has 1 atom stereocenters. The van der Waals surface area contributed by atoms with Crippen LogP contribution < -0.4 is 0 Å². The number of aromatic nitrogens is 4. The first kappa shape index (κ1) is 14.7. The average molecular weight is 303 g/mol. The third-order valence-corrected chi connectivity index (χ3v) is 3.97. The fourth-order valence-electron chi connectivity index (χ4n) is 2.82. The van der Waals surface area contributed by atoms with Gasteiger partial charge in [-0.25, -0.2) is 0 Å². The molecule has 1 aliphatic heterocycles. The van der Waals surface area contributed by atoms with Crippen LogP contribution in [0.15, 0.2) is 16.9 Å². The van der Waals surface area contributed by atoms with E-state index in [2.05, 4.69) is 15.2 Å². The van der Waals surface area contributed by atoms with Crippen molar-refractivity contribution in [1.29, 1.82) is 0 Å². The van der Waals surface area contributed by atoms with Gasteiger partial charge in [0.2, 0.25) is 11.8 Å². The number of carbonyl (C=O) groups excluding carboxylic acids is 1. The minimum absolute atomic E-state index is 0.0455. The van der Waals surface area contributed by atoms with E-state index in [1.165, 1.54) is 0 Å². The summed E-state index contributed by atoms with van der Waals surface area (Å²) in [7, 11) is 0. The van der Waals surface area contributed by atoms with Crippen LogP contribution in [-0.4, -0.2) is 37.3 Å². The summed E-state index contributed by atoms with van der Waals surface area (Å²) in [5.74, 6) is 1.39. The average Bonchev–Trinajstić information content (AvgIpc) is 3.24. The number of likely N-dealkylation sites (tertiary alicyclic amines) is 1. The lowest BCUT2D eigenvalue weighted by Crippen LogP contribution is -2.31. The van der Waals surface area contributed by atoms with E-state index in [1.807, 2.05) is 29.6 Å².